The molecule has 6 rings (SSSR count). The van der Waals surface area contributed by atoms with Crippen LogP contribution in [0.1, 0.15) is 17.3 Å². The molecule has 1 atom stereocenters. The Kier molecular flexibility index (Phi) is 9.82. The highest BCUT2D eigenvalue weighted by molar-refractivity contribution is 5.92. The van der Waals surface area contributed by atoms with Crippen LogP contribution in [0.15, 0.2) is 66.9 Å². The highest BCUT2D eigenvalue weighted by atomic mass is 19.4. The maximum Gasteiger partial charge on any atom is 0.490 e. The summed E-state index contributed by atoms with van der Waals surface area (Å²) in [6.45, 7) is 0.539. The molecule has 0 aliphatic carbocycles. The lowest BCUT2D eigenvalue weighted by Gasteiger charge is -2.25. The second-order valence-electron chi connectivity index (χ2n) is 9.54. The number of fused-ring (bicyclic) bond motifs is 3. The number of nitrogens with zero attached hydrogens (tertiary/aromatic N) is 3. The van der Waals surface area contributed by atoms with E-state index < -0.39 is 24.3 Å². The van der Waals surface area contributed by atoms with Gasteiger partial charge >= 0.3 is 24.3 Å². The first-order valence-corrected chi connectivity index (χ1v) is 13.0. The van der Waals surface area contributed by atoms with Crippen molar-refractivity contribution in [2.75, 3.05) is 19.0 Å². The van der Waals surface area contributed by atoms with Gasteiger partial charge in [0.15, 0.2) is 0 Å². The Bertz CT molecular complexity index is 1840. The van der Waals surface area contributed by atoms with Crippen LogP contribution in [0.3, 0.4) is 0 Å². The van der Waals surface area contributed by atoms with Crippen molar-refractivity contribution in [1.29, 1.82) is 0 Å². The van der Waals surface area contributed by atoms with Crippen molar-refractivity contribution < 1.29 is 55.6 Å². The first kappa shape index (κ1) is 33.3. The van der Waals surface area contributed by atoms with Crippen molar-refractivity contribution in [3.05, 3.63) is 78.2 Å². The SMILES string of the molecule is COc1ccc2c(c1)CC(c1nc(Nc3ccc4cn[nH]c4c3)c3ccccc3n1)CO2.O=C(O)C(F)(F)F.O=C(O)C(F)(F)F. The number of H-pyrrole nitrogens is 1. The fourth-order valence-corrected chi connectivity index (χ4v) is 4.19. The summed E-state index contributed by atoms with van der Waals surface area (Å²) in [5.41, 5.74) is 3.92. The molecule has 1 unspecified atom stereocenters. The normalized spacial score (nSPS) is 14.1. The molecule has 11 nitrogen and oxygen atoms in total. The zero-order valence-electron chi connectivity index (χ0n) is 23.5. The lowest BCUT2D eigenvalue weighted by atomic mass is 9.95. The molecule has 1 aliphatic heterocycles. The summed E-state index contributed by atoms with van der Waals surface area (Å²) in [4.78, 5) is 27.6. The number of anilines is 2. The number of hydrogen-bond donors (Lipinski definition) is 4. The molecule has 4 N–H and O–H groups in total. The predicted octanol–water partition coefficient (Wildman–Crippen LogP) is 6.24. The number of aliphatic carboxylic acids is 2. The molecule has 3 aromatic carbocycles. The van der Waals surface area contributed by atoms with Crippen molar-refractivity contribution in [1.82, 2.24) is 20.2 Å². The number of carbonyl (C=O) groups is 2. The van der Waals surface area contributed by atoms with Gasteiger partial charge in [-0.05, 0) is 60.5 Å². The maximum atomic E-state index is 10.6. The molecule has 1 aliphatic rings. The first-order valence-electron chi connectivity index (χ1n) is 13.0. The number of aromatic nitrogens is 4. The zero-order valence-corrected chi connectivity index (χ0v) is 23.5. The maximum absolute atomic E-state index is 10.6. The minimum Gasteiger partial charge on any atom is -0.497 e. The van der Waals surface area contributed by atoms with Crippen LogP contribution in [0.5, 0.6) is 11.5 Å². The molecule has 0 bridgehead atoms. The van der Waals surface area contributed by atoms with Crippen molar-refractivity contribution in [2.24, 2.45) is 0 Å². The van der Waals surface area contributed by atoms with E-state index in [2.05, 4.69) is 15.5 Å². The summed E-state index contributed by atoms with van der Waals surface area (Å²) < 4.78 is 74.9. The van der Waals surface area contributed by atoms with Gasteiger partial charge in [0, 0.05) is 16.5 Å². The Morgan fingerprint density at radius 2 is 1.63 bits per heavy atom. The molecule has 0 fully saturated rings. The Morgan fingerprint density at radius 3 is 2.28 bits per heavy atom. The van der Waals surface area contributed by atoms with E-state index in [1.165, 1.54) is 0 Å². The largest absolute Gasteiger partial charge is 0.497 e. The summed E-state index contributed by atoms with van der Waals surface area (Å²) >= 11 is 0. The molecule has 5 aromatic rings. The number of rotatable bonds is 4. The number of methoxy groups -OCH3 is 1. The molecule has 0 saturated carbocycles. The average Bonchev–Trinajstić information content (AvgIpc) is 3.48. The van der Waals surface area contributed by atoms with Crippen LogP contribution in [0.25, 0.3) is 21.8 Å². The molecule has 3 heterocycles. The molecule has 17 heteroatoms. The van der Waals surface area contributed by atoms with Gasteiger partial charge in [0.05, 0.1) is 36.9 Å². The number of ether oxygens (including phenoxy) is 2. The molecular weight excluding hydrogens is 628 g/mol. The van der Waals surface area contributed by atoms with Crippen LogP contribution in [-0.2, 0) is 16.0 Å². The van der Waals surface area contributed by atoms with Crippen molar-refractivity contribution in [3.63, 3.8) is 0 Å². The van der Waals surface area contributed by atoms with Crippen LogP contribution in [0.4, 0.5) is 37.8 Å². The van der Waals surface area contributed by atoms with Gasteiger partial charge in [0.1, 0.15) is 23.1 Å². The van der Waals surface area contributed by atoms with Crippen molar-refractivity contribution in [2.45, 2.75) is 24.7 Å². The minimum absolute atomic E-state index is 0.0508. The summed E-state index contributed by atoms with van der Waals surface area (Å²) in [5, 5.41) is 26.9. The Morgan fingerprint density at radius 1 is 0.957 bits per heavy atom. The second-order valence-corrected chi connectivity index (χ2v) is 9.54. The third-order valence-corrected chi connectivity index (χ3v) is 6.35. The predicted molar refractivity (Wildman–Crippen MR) is 151 cm³/mol. The van der Waals surface area contributed by atoms with Gasteiger partial charge in [-0.25, -0.2) is 19.6 Å². The van der Waals surface area contributed by atoms with Gasteiger partial charge < -0.3 is 25.0 Å². The Labute approximate surface area is 254 Å². The number of halogens is 6. The summed E-state index contributed by atoms with van der Waals surface area (Å²) in [5.74, 6) is -2.20. The number of aromatic amines is 1. The van der Waals surface area contributed by atoms with Crippen LogP contribution < -0.4 is 14.8 Å². The molecule has 0 spiro atoms. The van der Waals surface area contributed by atoms with Crippen LogP contribution in [0, 0.1) is 0 Å². The van der Waals surface area contributed by atoms with E-state index in [1.54, 1.807) is 7.11 Å². The fraction of sp³-hybridized carbons (Fsp3) is 0.207. The molecule has 0 saturated heterocycles. The minimum atomic E-state index is -5.08. The Balaban J connectivity index is 0.000000289. The van der Waals surface area contributed by atoms with E-state index in [-0.39, 0.29) is 5.92 Å². The van der Waals surface area contributed by atoms with Gasteiger partial charge in [-0.2, -0.15) is 31.4 Å². The zero-order chi connectivity index (χ0) is 33.6. The Hall–Kier alpha value is -5.61. The van der Waals surface area contributed by atoms with Gasteiger partial charge in [0.2, 0.25) is 0 Å². The molecular formula is C29H23F6N5O6. The smallest absolute Gasteiger partial charge is 0.490 e. The van der Waals surface area contributed by atoms with Gasteiger partial charge in [-0.3, -0.25) is 5.10 Å². The molecule has 0 amide bonds. The average molecular weight is 652 g/mol. The summed E-state index contributed by atoms with van der Waals surface area (Å²) in [7, 11) is 1.67. The third-order valence-electron chi connectivity index (χ3n) is 6.35. The molecule has 0 radical (unpaired) electrons. The quantitative estimate of drug-likeness (QED) is 0.164. The third kappa shape index (κ3) is 8.30. The highest BCUT2D eigenvalue weighted by Crippen LogP contribution is 2.35. The number of alkyl halides is 6. The van der Waals surface area contributed by atoms with Gasteiger partial charge in [0.25, 0.3) is 0 Å². The number of hydrogen-bond acceptors (Lipinski definition) is 8. The number of nitrogens with one attached hydrogen (secondary N) is 2. The lowest BCUT2D eigenvalue weighted by molar-refractivity contribution is -0.193. The number of para-hydroxylation sites is 1. The number of carboxylic acid groups (broad SMARTS) is 2. The monoisotopic (exact) mass is 651 g/mol. The summed E-state index contributed by atoms with van der Waals surface area (Å²) in [6.07, 6.45) is -7.56. The van der Waals surface area contributed by atoms with E-state index in [9.17, 15) is 26.3 Å². The van der Waals surface area contributed by atoms with E-state index >= 15 is 0 Å². The number of carboxylic acids is 2. The number of benzene rings is 3. The van der Waals surface area contributed by atoms with E-state index in [4.69, 9.17) is 39.2 Å². The van der Waals surface area contributed by atoms with Gasteiger partial charge in [-0.15, -0.1) is 0 Å². The second kappa shape index (κ2) is 13.6. The van der Waals surface area contributed by atoms with E-state index in [0.29, 0.717) is 6.61 Å². The van der Waals surface area contributed by atoms with Crippen molar-refractivity contribution >= 4 is 45.2 Å². The van der Waals surface area contributed by atoms with Crippen LogP contribution >= 0.6 is 0 Å². The molecule has 46 heavy (non-hydrogen) atoms. The van der Waals surface area contributed by atoms with E-state index in [1.807, 2.05) is 66.9 Å². The van der Waals surface area contributed by atoms with E-state index in [0.717, 1.165) is 62.6 Å². The molecule has 242 valence electrons. The standard InChI is InChI=1S/C25H21N5O2.2C2HF3O2/c1-31-19-8-9-23-16(11-19)10-17(14-32-23)24-28-21-5-3-2-4-20(21)25(29-24)27-18-7-6-15-13-26-30-22(15)12-18;2*3-2(4,5)1(6)7/h2-9,11-13,17H,10,14H2,1H3,(H,26,30)(H,27,28,29);2*(H,6,7). The first-order chi connectivity index (χ1) is 21.7. The highest BCUT2D eigenvalue weighted by Gasteiger charge is 2.39. The van der Waals surface area contributed by atoms with Crippen LogP contribution in [0.2, 0.25) is 0 Å². The fourth-order valence-electron chi connectivity index (χ4n) is 4.19. The summed E-state index contributed by atoms with van der Waals surface area (Å²) in [6, 6.07) is 20.1. The lowest BCUT2D eigenvalue weighted by Crippen LogP contribution is -2.21. The molecule has 2 aromatic heterocycles. The topological polar surface area (TPSA) is 160 Å². The van der Waals surface area contributed by atoms with Crippen LogP contribution in [-0.4, -0.2) is 68.4 Å². The van der Waals surface area contributed by atoms with Crippen molar-refractivity contribution in [3.8, 4) is 11.5 Å². The van der Waals surface area contributed by atoms with Gasteiger partial charge in [-0.1, -0.05) is 12.1 Å².